The highest BCUT2D eigenvalue weighted by Gasteiger charge is 2.55. The van der Waals surface area contributed by atoms with Crippen molar-refractivity contribution in [3.63, 3.8) is 0 Å². The fourth-order valence-corrected chi connectivity index (χ4v) is 7.86. The number of anilines is 2. The van der Waals surface area contributed by atoms with Gasteiger partial charge in [0, 0.05) is 44.4 Å². The number of halogens is 2. The zero-order valence-corrected chi connectivity index (χ0v) is 30.4. The highest BCUT2D eigenvalue weighted by atomic mass is 35.5. The fraction of sp³-hybridized carbons (Fsp3) is 0.195. The number of phenols is 1. The first-order chi connectivity index (χ1) is 26.1. The van der Waals surface area contributed by atoms with Gasteiger partial charge >= 0.3 is 5.97 Å². The maximum atomic E-state index is 14.9. The van der Waals surface area contributed by atoms with E-state index in [1.165, 1.54) is 14.2 Å². The normalized spacial score (nSPS) is 19.3. The van der Waals surface area contributed by atoms with Gasteiger partial charge < -0.3 is 39.0 Å². The van der Waals surface area contributed by atoms with Crippen LogP contribution in [0.15, 0.2) is 97.1 Å². The van der Waals surface area contributed by atoms with Crippen LogP contribution in [-0.4, -0.2) is 50.5 Å². The van der Waals surface area contributed by atoms with Crippen LogP contribution in [0.1, 0.15) is 49.4 Å². The number of ether oxygens (including phenoxy) is 5. The number of hydrogen-bond donors (Lipinski definition) is 2. The van der Waals surface area contributed by atoms with Gasteiger partial charge in [0.2, 0.25) is 12.5 Å². The number of hydrogen-bond acceptors (Lipinski definition) is 9. The molecule has 3 aliphatic rings. The van der Waals surface area contributed by atoms with Gasteiger partial charge in [-0.2, -0.15) is 0 Å². The van der Waals surface area contributed by atoms with E-state index < -0.39 is 29.8 Å². The number of aromatic hydroxyl groups is 1. The van der Waals surface area contributed by atoms with Crippen LogP contribution in [0.25, 0.3) is 0 Å². The lowest BCUT2D eigenvalue weighted by Crippen LogP contribution is -2.45. The Morgan fingerprint density at radius 3 is 1.94 bits per heavy atom. The molecular formula is C41H32Cl2N2O9. The lowest BCUT2D eigenvalue weighted by atomic mass is 9.64. The van der Waals surface area contributed by atoms with Crippen molar-refractivity contribution >= 4 is 52.4 Å². The number of methoxy groups -OCH3 is 2. The summed E-state index contributed by atoms with van der Waals surface area (Å²) in [4.78, 5) is 43.5. The maximum absolute atomic E-state index is 14.9. The summed E-state index contributed by atoms with van der Waals surface area (Å²) in [5.74, 6) is -1.96. The van der Waals surface area contributed by atoms with Crippen LogP contribution in [0.5, 0.6) is 28.7 Å². The Morgan fingerprint density at radius 2 is 1.35 bits per heavy atom. The Bertz CT molecular complexity index is 2260. The van der Waals surface area contributed by atoms with Crippen molar-refractivity contribution in [1.82, 2.24) is 0 Å². The minimum absolute atomic E-state index is 0.0000631. The first kappa shape index (κ1) is 35.1. The van der Waals surface area contributed by atoms with E-state index in [-0.39, 0.29) is 42.5 Å². The number of carbonyl (C=O) groups excluding carboxylic acids is 3. The average Bonchev–Trinajstić information content (AvgIpc) is 3.81. The van der Waals surface area contributed by atoms with Gasteiger partial charge in [0.25, 0.3) is 11.8 Å². The molecule has 0 bridgehead atoms. The molecule has 2 amide bonds. The molecule has 5 aromatic carbocycles. The molecule has 13 heteroatoms. The van der Waals surface area contributed by atoms with Crippen molar-refractivity contribution in [1.29, 1.82) is 0 Å². The van der Waals surface area contributed by atoms with Crippen molar-refractivity contribution in [2.75, 3.05) is 37.8 Å². The maximum Gasteiger partial charge on any atom is 0.310 e. The highest BCUT2D eigenvalue weighted by molar-refractivity contribution is 6.31. The molecule has 0 spiro atoms. The van der Waals surface area contributed by atoms with Crippen LogP contribution in [-0.2, 0) is 9.53 Å². The monoisotopic (exact) mass is 766 g/mol. The van der Waals surface area contributed by atoms with Crippen LogP contribution in [0.3, 0.4) is 0 Å². The summed E-state index contributed by atoms with van der Waals surface area (Å²) < 4.78 is 28.5. The summed E-state index contributed by atoms with van der Waals surface area (Å²) in [7, 11) is 2.87. The standard InChI is InChI=1S/C41H32Cl2N2O9/c1-50-33-15-23(16-34(51-2)38(33)46)35-28-17-31-32(54-20-53-31)18-29(28)37(30-19-52-41(49)36(30)35)45(40(48)22-5-9-25(43)10-6-22)27-13-11-26(12-14-27)44-39(47)21-3-7-24(42)8-4-21/h3-18,30,35-37,46H,19-20H2,1-2H3,(H,44,47)/t30-,35+,36-,37+/m0/s1. The number of esters is 1. The van der Waals surface area contributed by atoms with E-state index in [0.29, 0.717) is 60.7 Å². The van der Waals surface area contributed by atoms with E-state index in [1.54, 1.807) is 89.8 Å². The second-order valence-corrected chi connectivity index (χ2v) is 13.9. The minimum atomic E-state index is -0.778. The predicted molar refractivity (Wildman–Crippen MR) is 200 cm³/mol. The molecule has 274 valence electrons. The van der Waals surface area contributed by atoms with Crippen molar-refractivity contribution in [2.45, 2.75) is 12.0 Å². The average molecular weight is 768 g/mol. The Labute approximate surface area is 319 Å². The number of carbonyl (C=O) groups is 3. The molecule has 1 fully saturated rings. The summed E-state index contributed by atoms with van der Waals surface area (Å²) in [5, 5.41) is 14.6. The first-order valence-corrected chi connectivity index (χ1v) is 17.7. The third-order valence-corrected chi connectivity index (χ3v) is 10.6. The number of nitrogens with one attached hydrogen (secondary N) is 1. The second kappa shape index (κ2) is 14.1. The zero-order chi connectivity index (χ0) is 37.7. The molecule has 11 nitrogen and oxygen atoms in total. The van der Waals surface area contributed by atoms with E-state index in [4.69, 9.17) is 46.9 Å². The van der Waals surface area contributed by atoms with E-state index in [9.17, 15) is 19.5 Å². The summed E-state index contributed by atoms with van der Waals surface area (Å²) in [6, 6.07) is 26.3. The summed E-state index contributed by atoms with van der Waals surface area (Å²) in [6.45, 7) is 0.0183. The molecule has 0 saturated carbocycles. The van der Waals surface area contributed by atoms with Gasteiger partial charge in [-0.25, -0.2) is 0 Å². The van der Waals surface area contributed by atoms with Crippen LogP contribution in [0.4, 0.5) is 11.4 Å². The fourth-order valence-electron chi connectivity index (χ4n) is 7.60. The molecule has 1 aliphatic carbocycles. The minimum Gasteiger partial charge on any atom is -0.502 e. The molecule has 2 heterocycles. The van der Waals surface area contributed by atoms with E-state index in [0.717, 1.165) is 0 Å². The third-order valence-electron chi connectivity index (χ3n) is 10.1. The number of cyclic esters (lactones) is 1. The van der Waals surface area contributed by atoms with Gasteiger partial charge in [0.05, 0.1) is 32.8 Å². The topological polar surface area (TPSA) is 133 Å². The van der Waals surface area contributed by atoms with Gasteiger partial charge in [-0.1, -0.05) is 23.2 Å². The van der Waals surface area contributed by atoms with Crippen molar-refractivity contribution in [2.24, 2.45) is 11.8 Å². The van der Waals surface area contributed by atoms with Gasteiger partial charge in [-0.05, 0) is 114 Å². The SMILES string of the molecule is COc1cc([C@@H]2c3cc4c(cc3[C@@H](N(C(=O)c3ccc(Cl)cc3)c3ccc(NC(=O)c5ccc(Cl)cc5)cc3)[C@H]3COC(=O)[C@H]23)OCO4)cc(OC)c1O. The molecule has 4 atom stereocenters. The Kier molecular flexibility index (Phi) is 9.21. The largest absolute Gasteiger partial charge is 0.502 e. The quantitative estimate of drug-likeness (QED) is 0.151. The number of nitrogens with zero attached hydrogens (tertiary/aromatic N) is 1. The van der Waals surface area contributed by atoms with Gasteiger partial charge in [-0.15, -0.1) is 0 Å². The molecule has 2 N–H and O–H groups in total. The molecular weight excluding hydrogens is 735 g/mol. The van der Waals surface area contributed by atoms with Crippen molar-refractivity contribution < 1.29 is 43.2 Å². The van der Waals surface area contributed by atoms with Crippen molar-refractivity contribution in [3.8, 4) is 28.7 Å². The first-order valence-electron chi connectivity index (χ1n) is 17.0. The van der Waals surface area contributed by atoms with Gasteiger partial charge in [-0.3, -0.25) is 14.4 Å². The summed E-state index contributed by atoms with van der Waals surface area (Å²) in [5.41, 5.74) is 3.81. The Balaban J connectivity index is 1.28. The predicted octanol–water partition coefficient (Wildman–Crippen LogP) is 8.02. The lowest BCUT2D eigenvalue weighted by molar-refractivity contribution is -0.141. The smallest absolute Gasteiger partial charge is 0.310 e. The third kappa shape index (κ3) is 6.18. The van der Waals surface area contributed by atoms with Crippen LogP contribution in [0.2, 0.25) is 10.0 Å². The van der Waals surface area contributed by atoms with E-state index >= 15 is 0 Å². The van der Waals surface area contributed by atoms with Crippen LogP contribution >= 0.6 is 23.2 Å². The molecule has 0 radical (unpaired) electrons. The molecule has 2 aliphatic heterocycles. The van der Waals surface area contributed by atoms with Gasteiger partial charge in [0.15, 0.2) is 23.0 Å². The molecule has 8 rings (SSSR count). The zero-order valence-electron chi connectivity index (χ0n) is 28.9. The number of phenolic OH excluding ortho intramolecular Hbond substituents is 1. The number of amides is 2. The highest BCUT2D eigenvalue weighted by Crippen LogP contribution is 2.57. The van der Waals surface area contributed by atoms with Crippen molar-refractivity contribution in [3.05, 3.63) is 135 Å². The molecule has 0 aromatic heterocycles. The molecule has 1 saturated heterocycles. The van der Waals surface area contributed by atoms with E-state index in [1.807, 2.05) is 12.1 Å². The second-order valence-electron chi connectivity index (χ2n) is 13.0. The summed E-state index contributed by atoms with van der Waals surface area (Å²) in [6.07, 6.45) is 0. The lowest BCUT2D eigenvalue weighted by Gasteiger charge is -2.44. The number of benzene rings is 5. The summed E-state index contributed by atoms with van der Waals surface area (Å²) >= 11 is 12.2. The molecule has 5 aromatic rings. The number of fused-ring (bicyclic) bond motifs is 3. The van der Waals surface area contributed by atoms with Crippen LogP contribution < -0.4 is 29.2 Å². The molecule has 54 heavy (non-hydrogen) atoms. The number of rotatable bonds is 8. The Morgan fingerprint density at radius 1 is 0.778 bits per heavy atom. The Hall–Kier alpha value is -5.91. The molecule has 0 unspecified atom stereocenters. The van der Waals surface area contributed by atoms with E-state index in [2.05, 4.69) is 5.32 Å². The van der Waals surface area contributed by atoms with Gasteiger partial charge in [0.1, 0.15) is 0 Å². The van der Waals surface area contributed by atoms with Crippen LogP contribution in [0, 0.1) is 11.8 Å².